The zero-order valence-corrected chi connectivity index (χ0v) is 20.0. The highest BCUT2D eigenvalue weighted by Gasteiger charge is 2.46. The molecule has 1 heterocycles. The number of carbonyl (C=O) groups is 3. The van der Waals surface area contributed by atoms with Gasteiger partial charge in [0.05, 0.1) is 31.9 Å². The predicted molar refractivity (Wildman–Crippen MR) is 133 cm³/mol. The molecular formula is C28H28N2O5. The number of amides is 3. The van der Waals surface area contributed by atoms with Crippen molar-refractivity contribution in [2.45, 2.75) is 32.4 Å². The summed E-state index contributed by atoms with van der Waals surface area (Å²) in [5, 5.41) is 0. The Labute approximate surface area is 204 Å². The van der Waals surface area contributed by atoms with Crippen LogP contribution in [0.5, 0.6) is 11.5 Å². The van der Waals surface area contributed by atoms with Crippen molar-refractivity contribution in [2.75, 3.05) is 18.6 Å². The molecule has 1 fully saturated rings. The molecule has 0 spiro atoms. The molecule has 3 aromatic rings. The maximum atomic E-state index is 13.8. The van der Waals surface area contributed by atoms with Gasteiger partial charge >= 0.3 is 0 Å². The highest BCUT2D eigenvalue weighted by atomic mass is 16.5. The Balaban J connectivity index is 1.70. The lowest BCUT2D eigenvalue weighted by atomic mass is 10.0. The molecule has 180 valence electrons. The van der Waals surface area contributed by atoms with Crippen LogP contribution in [-0.4, -0.2) is 42.4 Å². The first-order chi connectivity index (χ1) is 16.9. The molecule has 0 aromatic heterocycles. The molecule has 3 aromatic carbocycles. The van der Waals surface area contributed by atoms with Crippen molar-refractivity contribution in [1.29, 1.82) is 0 Å². The van der Waals surface area contributed by atoms with Crippen molar-refractivity contribution in [1.82, 2.24) is 4.90 Å². The van der Waals surface area contributed by atoms with Crippen molar-refractivity contribution in [3.05, 3.63) is 90.0 Å². The van der Waals surface area contributed by atoms with E-state index in [0.717, 1.165) is 10.5 Å². The fourth-order valence-corrected chi connectivity index (χ4v) is 4.35. The van der Waals surface area contributed by atoms with Crippen molar-refractivity contribution < 1.29 is 23.9 Å². The molecule has 1 saturated heterocycles. The minimum atomic E-state index is -0.942. The molecule has 0 aliphatic carbocycles. The van der Waals surface area contributed by atoms with Gasteiger partial charge in [-0.25, -0.2) is 4.90 Å². The van der Waals surface area contributed by atoms with Gasteiger partial charge in [-0.3, -0.25) is 14.4 Å². The Bertz CT molecular complexity index is 1210. The highest BCUT2D eigenvalue weighted by Crippen LogP contribution is 2.33. The number of ether oxygens (including phenoxy) is 2. The van der Waals surface area contributed by atoms with E-state index in [1.165, 1.54) is 12.0 Å². The summed E-state index contributed by atoms with van der Waals surface area (Å²) in [6.45, 7) is 4.26. The summed E-state index contributed by atoms with van der Waals surface area (Å²) < 4.78 is 10.7. The number of imide groups is 1. The molecule has 7 heteroatoms. The highest BCUT2D eigenvalue weighted by molar-refractivity contribution is 6.23. The molecule has 0 N–H and O–H groups in total. The molecular weight excluding hydrogens is 444 g/mol. The zero-order chi connectivity index (χ0) is 24.9. The molecule has 0 radical (unpaired) electrons. The number of methoxy groups -OCH3 is 1. The number of nitrogens with zero attached hydrogens (tertiary/aromatic N) is 2. The topological polar surface area (TPSA) is 76.2 Å². The fourth-order valence-electron chi connectivity index (χ4n) is 4.35. The Morgan fingerprint density at radius 2 is 1.71 bits per heavy atom. The SMILES string of the molecule is CCOc1ccc(N2C(=O)CC(N(C(=O)c3cccc(OC)c3)C(C)c3ccccc3)C2=O)cc1. The molecule has 1 aliphatic rings. The monoisotopic (exact) mass is 472 g/mol. The lowest BCUT2D eigenvalue weighted by molar-refractivity contribution is -0.122. The lowest BCUT2D eigenvalue weighted by Crippen LogP contribution is -2.46. The van der Waals surface area contributed by atoms with E-state index >= 15 is 0 Å². The summed E-state index contributed by atoms with van der Waals surface area (Å²) in [6, 6.07) is 21.7. The first kappa shape index (κ1) is 24.0. The van der Waals surface area contributed by atoms with Gasteiger partial charge in [0.25, 0.3) is 11.8 Å². The van der Waals surface area contributed by atoms with Crippen molar-refractivity contribution in [3.63, 3.8) is 0 Å². The maximum Gasteiger partial charge on any atom is 0.257 e. The average Bonchev–Trinajstić information content (AvgIpc) is 3.18. The van der Waals surface area contributed by atoms with Gasteiger partial charge in [0.1, 0.15) is 17.5 Å². The Hall–Kier alpha value is -4.13. The number of hydrogen-bond acceptors (Lipinski definition) is 5. The molecule has 2 atom stereocenters. The van der Waals surface area contributed by atoms with E-state index in [9.17, 15) is 14.4 Å². The minimum Gasteiger partial charge on any atom is -0.497 e. The lowest BCUT2D eigenvalue weighted by Gasteiger charge is -2.33. The van der Waals surface area contributed by atoms with Crippen LogP contribution in [0.4, 0.5) is 5.69 Å². The third kappa shape index (κ3) is 4.89. The van der Waals surface area contributed by atoms with Crippen LogP contribution in [0.15, 0.2) is 78.9 Å². The Morgan fingerprint density at radius 1 is 1.00 bits per heavy atom. The van der Waals surface area contributed by atoms with Crippen molar-refractivity contribution in [2.24, 2.45) is 0 Å². The summed E-state index contributed by atoms with van der Waals surface area (Å²) in [5.41, 5.74) is 1.70. The van der Waals surface area contributed by atoms with Gasteiger partial charge in [-0.2, -0.15) is 0 Å². The van der Waals surface area contributed by atoms with Crippen LogP contribution >= 0.6 is 0 Å². The summed E-state index contributed by atoms with van der Waals surface area (Å²) >= 11 is 0. The van der Waals surface area contributed by atoms with E-state index in [4.69, 9.17) is 9.47 Å². The Morgan fingerprint density at radius 3 is 2.37 bits per heavy atom. The molecule has 2 unspecified atom stereocenters. The molecule has 3 amide bonds. The molecule has 1 aliphatic heterocycles. The van der Waals surface area contributed by atoms with Crippen LogP contribution in [0.2, 0.25) is 0 Å². The molecule has 0 saturated carbocycles. The van der Waals surface area contributed by atoms with E-state index in [0.29, 0.717) is 29.4 Å². The third-order valence-corrected chi connectivity index (χ3v) is 6.11. The first-order valence-electron chi connectivity index (χ1n) is 11.6. The van der Waals surface area contributed by atoms with Crippen LogP contribution < -0.4 is 14.4 Å². The number of hydrogen-bond donors (Lipinski definition) is 0. The van der Waals surface area contributed by atoms with Gasteiger partial charge in [-0.15, -0.1) is 0 Å². The van der Waals surface area contributed by atoms with E-state index < -0.39 is 18.0 Å². The first-order valence-corrected chi connectivity index (χ1v) is 11.6. The Kier molecular flexibility index (Phi) is 7.15. The molecule has 35 heavy (non-hydrogen) atoms. The predicted octanol–water partition coefficient (Wildman–Crippen LogP) is 4.63. The van der Waals surface area contributed by atoms with E-state index in [1.54, 1.807) is 48.5 Å². The van der Waals surface area contributed by atoms with Crippen LogP contribution in [0.1, 0.15) is 42.2 Å². The number of benzene rings is 3. The quantitative estimate of drug-likeness (QED) is 0.447. The largest absolute Gasteiger partial charge is 0.497 e. The van der Waals surface area contributed by atoms with Crippen molar-refractivity contribution >= 4 is 23.4 Å². The summed E-state index contributed by atoms with van der Waals surface area (Å²) in [4.78, 5) is 43.1. The summed E-state index contributed by atoms with van der Waals surface area (Å²) in [5.74, 6) is 0.0541. The van der Waals surface area contributed by atoms with Gasteiger partial charge in [0.15, 0.2) is 0 Å². The summed E-state index contributed by atoms with van der Waals surface area (Å²) in [6.07, 6.45) is -0.0983. The van der Waals surface area contributed by atoms with E-state index in [2.05, 4.69) is 0 Å². The van der Waals surface area contributed by atoms with Gasteiger partial charge in [0.2, 0.25) is 5.91 Å². The molecule has 0 bridgehead atoms. The van der Waals surface area contributed by atoms with Crippen LogP contribution in [-0.2, 0) is 9.59 Å². The number of carbonyl (C=O) groups excluding carboxylic acids is 3. The van der Waals surface area contributed by atoms with Gasteiger partial charge in [0, 0.05) is 5.56 Å². The molecule has 4 rings (SSSR count). The van der Waals surface area contributed by atoms with Crippen LogP contribution in [0.3, 0.4) is 0 Å². The van der Waals surface area contributed by atoms with Crippen LogP contribution in [0.25, 0.3) is 0 Å². The van der Waals surface area contributed by atoms with Gasteiger partial charge < -0.3 is 14.4 Å². The second kappa shape index (κ2) is 10.4. The van der Waals surface area contributed by atoms with Crippen molar-refractivity contribution in [3.8, 4) is 11.5 Å². The number of rotatable bonds is 8. The second-order valence-corrected chi connectivity index (χ2v) is 8.25. The van der Waals surface area contributed by atoms with Crippen LogP contribution in [0, 0.1) is 0 Å². The second-order valence-electron chi connectivity index (χ2n) is 8.25. The van der Waals surface area contributed by atoms with Gasteiger partial charge in [-0.05, 0) is 61.9 Å². The third-order valence-electron chi connectivity index (χ3n) is 6.11. The zero-order valence-electron chi connectivity index (χ0n) is 20.0. The average molecular weight is 473 g/mol. The normalized spacial score (nSPS) is 16.2. The van der Waals surface area contributed by atoms with E-state index in [-0.39, 0.29) is 18.2 Å². The molecule has 7 nitrogen and oxygen atoms in total. The summed E-state index contributed by atoms with van der Waals surface area (Å²) in [7, 11) is 1.53. The number of anilines is 1. The fraction of sp³-hybridized carbons (Fsp3) is 0.250. The minimum absolute atomic E-state index is 0.0983. The maximum absolute atomic E-state index is 13.8. The smallest absolute Gasteiger partial charge is 0.257 e. The van der Waals surface area contributed by atoms with E-state index in [1.807, 2.05) is 44.2 Å². The standard InChI is InChI=1S/C28H28N2O5/c1-4-35-23-15-13-22(14-16-23)30-26(31)18-25(28(30)33)29(19(2)20-9-6-5-7-10-20)27(32)21-11-8-12-24(17-21)34-3/h5-17,19,25H,4,18H2,1-3H3. The van der Waals surface area contributed by atoms with Gasteiger partial charge in [-0.1, -0.05) is 36.4 Å².